The Morgan fingerprint density at radius 1 is 1.56 bits per heavy atom. The van der Waals surface area contributed by atoms with Crippen LogP contribution in [-0.4, -0.2) is 63.2 Å². The fourth-order valence-electron chi connectivity index (χ4n) is 1.82. The first kappa shape index (κ1) is 17.2. The molecule has 0 bridgehead atoms. The highest BCUT2D eigenvalue weighted by Crippen LogP contribution is 2.03. The largest absolute Gasteiger partial charge is 0.378 e. The number of hydrogen-bond acceptors (Lipinski definition) is 4. The van der Waals surface area contributed by atoms with Crippen LogP contribution in [0.3, 0.4) is 0 Å². The van der Waals surface area contributed by atoms with Crippen LogP contribution in [0.5, 0.6) is 0 Å². The summed E-state index contributed by atoms with van der Waals surface area (Å²) in [5.74, 6) is -0.295. The molecular formula is C11H22ClN3O3. The summed E-state index contributed by atoms with van der Waals surface area (Å²) >= 11 is 0. The molecule has 0 aliphatic carbocycles. The summed E-state index contributed by atoms with van der Waals surface area (Å²) < 4.78 is 5.24. The predicted octanol–water partition coefficient (Wildman–Crippen LogP) is -0.763. The molecule has 2 atom stereocenters. The maximum Gasteiger partial charge on any atom is 0.241 e. The summed E-state index contributed by atoms with van der Waals surface area (Å²) in [6, 6.07) is -0.286. The molecule has 2 N–H and O–H groups in total. The summed E-state index contributed by atoms with van der Waals surface area (Å²) in [5.41, 5.74) is 0. The fraction of sp³-hybridized carbons (Fsp3) is 0.818. The zero-order chi connectivity index (χ0) is 12.8. The van der Waals surface area contributed by atoms with E-state index in [1.807, 2.05) is 0 Å². The SMILES string of the molecule is CNC(=O)C(C)CN(C)C(=O)C1COCCN1.Cl. The van der Waals surface area contributed by atoms with Crippen molar-refractivity contribution in [1.29, 1.82) is 0 Å². The minimum atomic E-state index is -0.286. The quantitative estimate of drug-likeness (QED) is 0.710. The zero-order valence-electron chi connectivity index (χ0n) is 11.1. The van der Waals surface area contributed by atoms with Crippen molar-refractivity contribution in [3.05, 3.63) is 0 Å². The van der Waals surface area contributed by atoms with E-state index in [4.69, 9.17) is 4.74 Å². The summed E-state index contributed by atoms with van der Waals surface area (Å²) in [4.78, 5) is 24.9. The summed E-state index contributed by atoms with van der Waals surface area (Å²) in [6.45, 7) is 3.94. The molecule has 106 valence electrons. The van der Waals surface area contributed by atoms with Crippen LogP contribution in [0.25, 0.3) is 0 Å². The summed E-state index contributed by atoms with van der Waals surface area (Å²) in [7, 11) is 3.30. The van der Waals surface area contributed by atoms with Gasteiger partial charge in [-0.05, 0) is 0 Å². The first-order valence-corrected chi connectivity index (χ1v) is 5.84. The second-order valence-electron chi connectivity index (χ2n) is 4.32. The molecule has 1 aliphatic heterocycles. The second kappa shape index (κ2) is 8.29. The smallest absolute Gasteiger partial charge is 0.241 e. The van der Waals surface area contributed by atoms with Gasteiger partial charge in [-0.2, -0.15) is 0 Å². The van der Waals surface area contributed by atoms with Crippen LogP contribution in [0.15, 0.2) is 0 Å². The van der Waals surface area contributed by atoms with E-state index in [0.29, 0.717) is 26.3 Å². The molecule has 7 heteroatoms. The summed E-state index contributed by atoms with van der Waals surface area (Å²) in [5, 5.41) is 5.67. The molecule has 0 saturated carbocycles. The average Bonchev–Trinajstić information content (AvgIpc) is 2.37. The molecule has 0 aromatic rings. The van der Waals surface area contributed by atoms with Gasteiger partial charge in [0.05, 0.1) is 19.1 Å². The molecule has 1 aliphatic rings. The van der Waals surface area contributed by atoms with E-state index in [2.05, 4.69) is 10.6 Å². The topological polar surface area (TPSA) is 70.7 Å². The van der Waals surface area contributed by atoms with Gasteiger partial charge in [-0.15, -0.1) is 12.4 Å². The number of amides is 2. The van der Waals surface area contributed by atoms with Crippen LogP contribution in [0, 0.1) is 5.92 Å². The Kier molecular flexibility index (Phi) is 7.90. The molecule has 1 saturated heterocycles. The molecular weight excluding hydrogens is 258 g/mol. The molecule has 2 amide bonds. The number of nitrogens with one attached hydrogen (secondary N) is 2. The predicted molar refractivity (Wildman–Crippen MR) is 70.7 cm³/mol. The van der Waals surface area contributed by atoms with Gasteiger partial charge >= 0.3 is 0 Å². The van der Waals surface area contributed by atoms with Crippen LogP contribution >= 0.6 is 12.4 Å². The highest BCUT2D eigenvalue weighted by molar-refractivity contribution is 5.85. The van der Waals surface area contributed by atoms with Gasteiger partial charge in [0.2, 0.25) is 11.8 Å². The van der Waals surface area contributed by atoms with Gasteiger partial charge in [0.1, 0.15) is 6.04 Å². The van der Waals surface area contributed by atoms with E-state index in [1.165, 1.54) is 0 Å². The van der Waals surface area contributed by atoms with E-state index in [1.54, 1.807) is 25.9 Å². The molecule has 0 aromatic carbocycles. The van der Waals surface area contributed by atoms with Crippen LogP contribution in [0.2, 0.25) is 0 Å². The van der Waals surface area contributed by atoms with E-state index in [9.17, 15) is 9.59 Å². The van der Waals surface area contributed by atoms with Gasteiger partial charge in [-0.1, -0.05) is 6.92 Å². The van der Waals surface area contributed by atoms with Crippen LogP contribution in [0.1, 0.15) is 6.92 Å². The van der Waals surface area contributed by atoms with Crippen molar-refractivity contribution in [1.82, 2.24) is 15.5 Å². The Morgan fingerprint density at radius 3 is 2.72 bits per heavy atom. The molecule has 2 unspecified atom stereocenters. The van der Waals surface area contributed by atoms with Crippen molar-refractivity contribution >= 4 is 24.2 Å². The maximum absolute atomic E-state index is 12.0. The molecule has 18 heavy (non-hydrogen) atoms. The van der Waals surface area contributed by atoms with Crippen LogP contribution in [0.4, 0.5) is 0 Å². The lowest BCUT2D eigenvalue weighted by Gasteiger charge is -2.28. The first-order valence-electron chi connectivity index (χ1n) is 5.84. The number of carbonyl (C=O) groups is 2. The highest BCUT2D eigenvalue weighted by atomic mass is 35.5. The third-order valence-electron chi connectivity index (χ3n) is 2.84. The number of halogens is 1. The molecule has 0 spiro atoms. The van der Waals surface area contributed by atoms with E-state index >= 15 is 0 Å². The number of nitrogens with zero attached hydrogens (tertiary/aromatic N) is 1. The molecule has 6 nitrogen and oxygen atoms in total. The molecule has 1 fully saturated rings. The van der Waals surface area contributed by atoms with Gasteiger partial charge in [0.15, 0.2) is 0 Å². The van der Waals surface area contributed by atoms with Crippen LogP contribution < -0.4 is 10.6 Å². The second-order valence-corrected chi connectivity index (χ2v) is 4.32. The van der Waals surface area contributed by atoms with Gasteiger partial charge < -0.3 is 20.3 Å². The van der Waals surface area contributed by atoms with Crippen molar-refractivity contribution in [2.24, 2.45) is 5.92 Å². The third kappa shape index (κ3) is 4.80. The van der Waals surface area contributed by atoms with Gasteiger partial charge in [0, 0.05) is 27.2 Å². The molecule has 0 radical (unpaired) electrons. The Balaban J connectivity index is 0.00000289. The number of ether oxygens (including phenoxy) is 1. The lowest BCUT2D eigenvalue weighted by molar-refractivity contribution is -0.136. The monoisotopic (exact) mass is 279 g/mol. The van der Waals surface area contributed by atoms with Crippen molar-refractivity contribution in [2.75, 3.05) is 40.4 Å². The van der Waals surface area contributed by atoms with E-state index in [0.717, 1.165) is 0 Å². The fourth-order valence-corrected chi connectivity index (χ4v) is 1.82. The minimum Gasteiger partial charge on any atom is -0.378 e. The van der Waals surface area contributed by atoms with E-state index in [-0.39, 0.29) is 36.2 Å². The molecule has 1 rings (SSSR count). The Labute approximate surface area is 114 Å². The maximum atomic E-state index is 12.0. The lowest BCUT2D eigenvalue weighted by atomic mass is 10.1. The normalized spacial score (nSPS) is 20.5. The van der Waals surface area contributed by atoms with Crippen molar-refractivity contribution in [3.63, 3.8) is 0 Å². The lowest BCUT2D eigenvalue weighted by Crippen LogP contribution is -2.52. The molecule has 0 aromatic heterocycles. The van der Waals surface area contributed by atoms with E-state index < -0.39 is 0 Å². The van der Waals surface area contributed by atoms with Gasteiger partial charge in [-0.3, -0.25) is 9.59 Å². The molecule has 1 heterocycles. The Hall–Kier alpha value is -0.850. The van der Waals surface area contributed by atoms with Crippen molar-refractivity contribution in [2.45, 2.75) is 13.0 Å². The first-order chi connectivity index (χ1) is 8.06. The Morgan fingerprint density at radius 2 is 2.22 bits per heavy atom. The van der Waals surface area contributed by atoms with Crippen molar-refractivity contribution < 1.29 is 14.3 Å². The Bertz CT molecular complexity index is 283. The highest BCUT2D eigenvalue weighted by Gasteiger charge is 2.26. The average molecular weight is 280 g/mol. The van der Waals surface area contributed by atoms with Gasteiger partial charge in [0.25, 0.3) is 0 Å². The number of morpholine rings is 1. The minimum absolute atomic E-state index is 0. The summed E-state index contributed by atoms with van der Waals surface area (Å²) in [6.07, 6.45) is 0. The number of carbonyl (C=O) groups excluding carboxylic acids is 2. The standard InChI is InChI=1S/C11H21N3O3.ClH/c1-8(10(15)12-2)6-14(3)11(16)9-7-17-5-4-13-9;/h8-9,13H,4-7H2,1-3H3,(H,12,15);1H. The van der Waals surface area contributed by atoms with Crippen LogP contribution in [-0.2, 0) is 14.3 Å². The number of rotatable bonds is 4. The van der Waals surface area contributed by atoms with Gasteiger partial charge in [-0.25, -0.2) is 0 Å². The number of hydrogen-bond donors (Lipinski definition) is 2. The third-order valence-corrected chi connectivity index (χ3v) is 2.84. The number of likely N-dealkylation sites (N-methyl/N-ethyl adjacent to an activating group) is 1. The zero-order valence-corrected chi connectivity index (χ0v) is 11.9. The van der Waals surface area contributed by atoms with Crippen molar-refractivity contribution in [3.8, 4) is 0 Å².